The van der Waals surface area contributed by atoms with Gasteiger partial charge in [-0.25, -0.2) is 4.79 Å². The van der Waals surface area contributed by atoms with Crippen molar-refractivity contribution in [2.75, 3.05) is 26.2 Å². The number of amides is 3. The van der Waals surface area contributed by atoms with E-state index in [1.54, 1.807) is 0 Å². The van der Waals surface area contributed by atoms with Gasteiger partial charge in [0, 0.05) is 36.7 Å². The summed E-state index contributed by atoms with van der Waals surface area (Å²) in [5.41, 5.74) is 0. The van der Waals surface area contributed by atoms with Gasteiger partial charge >= 0.3 is 6.03 Å². The van der Waals surface area contributed by atoms with Crippen molar-refractivity contribution < 1.29 is 9.59 Å². The summed E-state index contributed by atoms with van der Waals surface area (Å²) in [7, 11) is 0. The minimum atomic E-state index is 0.0332. The van der Waals surface area contributed by atoms with E-state index in [0.29, 0.717) is 13.1 Å². The van der Waals surface area contributed by atoms with Crippen LogP contribution in [0.3, 0.4) is 0 Å². The van der Waals surface area contributed by atoms with Crippen LogP contribution >= 0.6 is 43.2 Å². The first kappa shape index (κ1) is 15.3. The summed E-state index contributed by atoms with van der Waals surface area (Å²) >= 11 is 8.28. The minimum absolute atomic E-state index is 0.0332. The third-order valence-electron chi connectivity index (χ3n) is 3.94. The molecule has 3 heterocycles. The summed E-state index contributed by atoms with van der Waals surface area (Å²) in [4.78, 5) is 28.7. The molecule has 21 heavy (non-hydrogen) atoms. The lowest BCUT2D eigenvalue weighted by Gasteiger charge is -2.35. The molecule has 0 atom stereocenters. The SMILES string of the molecule is O=C(c1cc(Br)c(Br)s1)N1CCC(N2CCNC2=O)CC1. The number of carbonyl (C=O) groups excluding carboxylic acids is 2. The van der Waals surface area contributed by atoms with Crippen LogP contribution < -0.4 is 5.32 Å². The van der Waals surface area contributed by atoms with Gasteiger partial charge in [-0.1, -0.05) is 0 Å². The normalized spacial score (nSPS) is 20.0. The molecule has 8 heteroatoms. The second-order valence-corrected chi connectivity index (χ2v) is 8.41. The van der Waals surface area contributed by atoms with Gasteiger partial charge in [-0.2, -0.15) is 0 Å². The quantitative estimate of drug-likeness (QED) is 0.774. The zero-order valence-electron chi connectivity index (χ0n) is 11.3. The van der Waals surface area contributed by atoms with E-state index in [1.807, 2.05) is 15.9 Å². The fourth-order valence-corrected chi connectivity index (χ4v) is 4.83. The Morgan fingerprint density at radius 3 is 2.52 bits per heavy atom. The predicted molar refractivity (Wildman–Crippen MR) is 88.7 cm³/mol. The number of urea groups is 1. The predicted octanol–water partition coefficient (Wildman–Crippen LogP) is 2.90. The summed E-state index contributed by atoms with van der Waals surface area (Å²) < 4.78 is 1.86. The Balaban J connectivity index is 1.60. The van der Waals surface area contributed by atoms with Crippen molar-refractivity contribution in [3.05, 3.63) is 19.2 Å². The lowest BCUT2D eigenvalue weighted by molar-refractivity contribution is 0.0671. The van der Waals surface area contributed by atoms with Gasteiger partial charge in [-0.15, -0.1) is 11.3 Å². The van der Waals surface area contributed by atoms with Gasteiger partial charge in [-0.3, -0.25) is 4.79 Å². The average Bonchev–Trinajstić information content (AvgIpc) is 3.05. The molecule has 0 spiro atoms. The summed E-state index contributed by atoms with van der Waals surface area (Å²) in [6.07, 6.45) is 1.71. The standard InChI is InChI=1S/C13H15Br2N3O2S/c14-9-7-10(21-11(9)15)12(19)17-4-1-8(2-5-17)18-6-3-16-13(18)20/h7-8H,1-6H2,(H,16,20). The van der Waals surface area contributed by atoms with Crippen molar-refractivity contribution in [1.29, 1.82) is 0 Å². The summed E-state index contributed by atoms with van der Waals surface area (Å²) in [6, 6.07) is 2.15. The first-order valence-electron chi connectivity index (χ1n) is 6.85. The Morgan fingerprint density at radius 2 is 2.00 bits per heavy atom. The Labute approximate surface area is 143 Å². The Bertz CT molecular complexity index is 550. The molecule has 2 fully saturated rings. The van der Waals surface area contributed by atoms with Crippen molar-refractivity contribution >= 4 is 55.1 Å². The van der Waals surface area contributed by atoms with Crippen LogP contribution in [0, 0.1) is 0 Å². The number of thiophene rings is 1. The van der Waals surface area contributed by atoms with Crippen LogP contribution in [0.2, 0.25) is 0 Å². The van der Waals surface area contributed by atoms with Crippen LogP contribution in [0.4, 0.5) is 4.79 Å². The highest BCUT2D eigenvalue weighted by molar-refractivity contribution is 9.13. The molecule has 0 radical (unpaired) electrons. The van der Waals surface area contributed by atoms with Gasteiger partial charge in [0.2, 0.25) is 0 Å². The van der Waals surface area contributed by atoms with E-state index < -0.39 is 0 Å². The van der Waals surface area contributed by atoms with Crippen LogP contribution in [-0.4, -0.2) is 54.0 Å². The first-order chi connectivity index (χ1) is 10.1. The molecule has 3 amide bonds. The van der Waals surface area contributed by atoms with Crippen LogP contribution in [0.25, 0.3) is 0 Å². The molecular weight excluding hydrogens is 422 g/mol. The van der Waals surface area contributed by atoms with Gasteiger partial charge < -0.3 is 15.1 Å². The number of hydrogen-bond donors (Lipinski definition) is 1. The number of rotatable bonds is 2. The number of halogens is 2. The van der Waals surface area contributed by atoms with Crippen LogP contribution in [-0.2, 0) is 0 Å². The molecule has 2 saturated heterocycles. The topological polar surface area (TPSA) is 52.7 Å². The van der Waals surface area contributed by atoms with E-state index in [1.165, 1.54) is 11.3 Å². The first-order valence-corrected chi connectivity index (χ1v) is 9.25. The van der Waals surface area contributed by atoms with Crippen LogP contribution in [0.1, 0.15) is 22.5 Å². The molecule has 1 aromatic heterocycles. The highest BCUT2D eigenvalue weighted by Crippen LogP contribution is 2.33. The van der Waals surface area contributed by atoms with Gasteiger partial charge in [0.1, 0.15) is 0 Å². The van der Waals surface area contributed by atoms with Crippen molar-refractivity contribution in [2.45, 2.75) is 18.9 Å². The van der Waals surface area contributed by atoms with E-state index in [2.05, 4.69) is 37.2 Å². The van der Waals surface area contributed by atoms with Crippen molar-refractivity contribution in [3.63, 3.8) is 0 Å². The zero-order valence-corrected chi connectivity index (χ0v) is 15.3. The molecule has 0 aliphatic carbocycles. The highest BCUT2D eigenvalue weighted by atomic mass is 79.9. The van der Waals surface area contributed by atoms with Crippen molar-refractivity contribution in [1.82, 2.24) is 15.1 Å². The lowest BCUT2D eigenvalue weighted by atomic mass is 10.0. The second kappa shape index (κ2) is 6.26. The Hall–Kier alpha value is -0.600. The molecule has 3 rings (SSSR count). The molecule has 1 aromatic rings. The zero-order chi connectivity index (χ0) is 15.0. The summed E-state index contributed by atoms with van der Waals surface area (Å²) in [5, 5.41) is 2.83. The summed E-state index contributed by atoms with van der Waals surface area (Å²) in [6.45, 7) is 2.93. The van der Waals surface area contributed by atoms with Crippen LogP contribution in [0.5, 0.6) is 0 Å². The molecule has 0 unspecified atom stereocenters. The number of likely N-dealkylation sites (tertiary alicyclic amines) is 1. The van der Waals surface area contributed by atoms with E-state index in [9.17, 15) is 9.59 Å². The molecule has 5 nitrogen and oxygen atoms in total. The molecule has 0 aromatic carbocycles. The minimum Gasteiger partial charge on any atom is -0.338 e. The number of piperidine rings is 1. The fraction of sp³-hybridized carbons (Fsp3) is 0.538. The fourth-order valence-electron chi connectivity index (χ4n) is 2.82. The van der Waals surface area contributed by atoms with Crippen molar-refractivity contribution in [3.8, 4) is 0 Å². The second-order valence-electron chi connectivity index (χ2n) is 5.18. The van der Waals surface area contributed by atoms with Gasteiger partial charge in [-0.05, 0) is 50.8 Å². The maximum atomic E-state index is 12.5. The molecule has 2 aliphatic heterocycles. The lowest BCUT2D eigenvalue weighted by Crippen LogP contribution is -2.47. The highest BCUT2D eigenvalue weighted by Gasteiger charge is 2.32. The number of nitrogens with one attached hydrogen (secondary N) is 1. The average molecular weight is 437 g/mol. The van der Waals surface area contributed by atoms with E-state index in [-0.39, 0.29) is 18.0 Å². The summed E-state index contributed by atoms with van der Waals surface area (Å²) in [5.74, 6) is 0.0794. The number of nitrogens with zero attached hydrogens (tertiary/aromatic N) is 2. The van der Waals surface area contributed by atoms with Gasteiger partial charge in [0.05, 0.1) is 8.66 Å². The van der Waals surface area contributed by atoms with Gasteiger partial charge in [0.15, 0.2) is 0 Å². The third kappa shape index (κ3) is 3.12. The largest absolute Gasteiger partial charge is 0.338 e. The van der Waals surface area contributed by atoms with E-state index in [0.717, 1.165) is 39.1 Å². The maximum absolute atomic E-state index is 12.5. The molecule has 1 N–H and O–H groups in total. The van der Waals surface area contributed by atoms with Crippen molar-refractivity contribution in [2.24, 2.45) is 0 Å². The maximum Gasteiger partial charge on any atom is 0.317 e. The third-order valence-corrected chi connectivity index (χ3v) is 7.18. The molecule has 2 aliphatic rings. The molecule has 0 saturated carbocycles. The Morgan fingerprint density at radius 1 is 1.29 bits per heavy atom. The smallest absolute Gasteiger partial charge is 0.317 e. The van der Waals surface area contributed by atoms with E-state index >= 15 is 0 Å². The molecular formula is C13H15Br2N3O2S. The van der Waals surface area contributed by atoms with Crippen LogP contribution in [0.15, 0.2) is 14.3 Å². The number of carbonyl (C=O) groups is 2. The molecule has 114 valence electrons. The Kier molecular flexibility index (Phi) is 4.56. The number of hydrogen-bond acceptors (Lipinski definition) is 3. The van der Waals surface area contributed by atoms with Gasteiger partial charge in [0.25, 0.3) is 5.91 Å². The molecule has 0 bridgehead atoms. The van der Waals surface area contributed by atoms with E-state index in [4.69, 9.17) is 0 Å². The monoisotopic (exact) mass is 435 g/mol.